The second-order valence-corrected chi connectivity index (χ2v) is 5.25. The van der Waals surface area contributed by atoms with E-state index in [0.29, 0.717) is 5.92 Å². The van der Waals surface area contributed by atoms with Crippen molar-refractivity contribution in [2.75, 3.05) is 20.2 Å². The summed E-state index contributed by atoms with van der Waals surface area (Å²) in [5.41, 5.74) is 5.97. The first-order valence-corrected chi connectivity index (χ1v) is 6.75. The fourth-order valence-electron chi connectivity index (χ4n) is 2.56. The topological polar surface area (TPSA) is 68.7 Å². The predicted molar refractivity (Wildman–Crippen MR) is 78.9 cm³/mol. The molecule has 1 aromatic heterocycles. The highest BCUT2D eigenvalue weighted by Crippen LogP contribution is 2.21. The first-order chi connectivity index (χ1) is 9.10. The molecule has 0 amide bonds. The lowest BCUT2D eigenvalue weighted by Gasteiger charge is -2.34. The summed E-state index contributed by atoms with van der Waals surface area (Å²) in [5.74, 6) is 1.17. The maximum absolute atomic E-state index is 11.3. The molecule has 2 unspecified atom stereocenters. The Balaban J connectivity index is 0.00000200. The van der Waals surface area contributed by atoms with E-state index >= 15 is 0 Å². The lowest BCUT2D eigenvalue weighted by molar-refractivity contribution is 0.0559. The van der Waals surface area contributed by atoms with Crippen LogP contribution in [0.3, 0.4) is 0 Å². The van der Waals surface area contributed by atoms with Crippen LogP contribution in [0.5, 0.6) is 0 Å². The van der Waals surface area contributed by atoms with Gasteiger partial charge in [-0.1, -0.05) is 0 Å². The number of methoxy groups -OCH3 is 1. The van der Waals surface area contributed by atoms with Gasteiger partial charge < -0.3 is 14.9 Å². The largest absolute Gasteiger partial charge is 0.463 e. The van der Waals surface area contributed by atoms with Crippen molar-refractivity contribution in [1.82, 2.24) is 4.90 Å². The molecule has 6 heteroatoms. The number of esters is 1. The molecule has 1 saturated heterocycles. The first-order valence-electron chi connectivity index (χ1n) is 6.75. The quantitative estimate of drug-likeness (QED) is 0.862. The van der Waals surface area contributed by atoms with Crippen LogP contribution in [0.4, 0.5) is 0 Å². The predicted octanol–water partition coefficient (Wildman–Crippen LogP) is 2.05. The van der Waals surface area contributed by atoms with Crippen molar-refractivity contribution in [2.45, 2.75) is 32.4 Å². The molecule has 0 spiro atoms. The van der Waals surface area contributed by atoms with Crippen LogP contribution in [0, 0.1) is 5.92 Å². The minimum atomic E-state index is -0.432. The molecule has 1 fully saturated rings. The second kappa shape index (κ2) is 7.67. The van der Waals surface area contributed by atoms with Crippen molar-refractivity contribution in [3.05, 3.63) is 23.7 Å². The van der Waals surface area contributed by atoms with Crippen molar-refractivity contribution in [3.8, 4) is 0 Å². The van der Waals surface area contributed by atoms with E-state index in [0.717, 1.165) is 31.8 Å². The Morgan fingerprint density at radius 2 is 2.35 bits per heavy atom. The fourth-order valence-corrected chi connectivity index (χ4v) is 2.56. The molecule has 0 saturated carbocycles. The van der Waals surface area contributed by atoms with E-state index in [1.165, 1.54) is 13.5 Å². The summed E-state index contributed by atoms with van der Waals surface area (Å²) in [6.07, 6.45) is 2.36. The standard InChI is InChI=1S/C14H22N2O3.ClH/c1-10(15)11-4-3-7-16(8-11)9-12-5-6-13(19-12)14(17)18-2;/h5-6,10-11H,3-4,7-9,15H2,1-2H3;1H. The molecule has 1 aliphatic rings. The monoisotopic (exact) mass is 302 g/mol. The smallest absolute Gasteiger partial charge is 0.373 e. The number of likely N-dealkylation sites (tertiary alicyclic amines) is 1. The number of halogens is 1. The second-order valence-electron chi connectivity index (χ2n) is 5.25. The molecule has 2 heterocycles. The third-order valence-corrected chi connectivity index (χ3v) is 3.71. The Bertz CT molecular complexity index is 434. The SMILES string of the molecule is COC(=O)c1ccc(CN2CCCC(C(C)N)C2)o1.Cl. The summed E-state index contributed by atoms with van der Waals surface area (Å²) < 4.78 is 10.1. The molecule has 0 bridgehead atoms. The molecular formula is C14H23ClN2O3. The lowest BCUT2D eigenvalue weighted by atomic mass is 9.92. The molecule has 5 nitrogen and oxygen atoms in total. The van der Waals surface area contributed by atoms with Gasteiger partial charge in [0.25, 0.3) is 0 Å². The average molecular weight is 303 g/mol. The molecule has 2 rings (SSSR count). The van der Waals surface area contributed by atoms with Crippen molar-refractivity contribution in [1.29, 1.82) is 0 Å². The molecular weight excluding hydrogens is 280 g/mol. The first kappa shape index (κ1) is 17.0. The number of carbonyl (C=O) groups excluding carboxylic acids is 1. The normalized spacial score (nSPS) is 21.1. The van der Waals surface area contributed by atoms with Crippen molar-refractivity contribution in [3.63, 3.8) is 0 Å². The molecule has 1 aromatic rings. The van der Waals surface area contributed by atoms with E-state index in [-0.39, 0.29) is 24.2 Å². The third kappa shape index (κ3) is 4.23. The molecule has 20 heavy (non-hydrogen) atoms. The summed E-state index contributed by atoms with van der Waals surface area (Å²) in [6, 6.07) is 3.72. The van der Waals surface area contributed by atoms with Crippen LogP contribution in [-0.4, -0.2) is 37.1 Å². The van der Waals surface area contributed by atoms with Gasteiger partial charge in [0.1, 0.15) is 5.76 Å². The average Bonchev–Trinajstić information content (AvgIpc) is 2.86. The maximum Gasteiger partial charge on any atom is 0.373 e. The molecule has 0 aliphatic carbocycles. The number of ether oxygens (including phenoxy) is 1. The number of furan rings is 1. The zero-order valence-electron chi connectivity index (χ0n) is 12.0. The fraction of sp³-hybridized carbons (Fsp3) is 0.643. The van der Waals surface area contributed by atoms with Crippen molar-refractivity contribution < 1.29 is 13.9 Å². The lowest BCUT2D eigenvalue weighted by Crippen LogP contribution is -2.41. The zero-order valence-corrected chi connectivity index (χ0v) is 12.8. The van der Waals surface area contributed by atoms with E-state index in [4.69, 9.17) is 10.2 Å². The van der Waals surface area contributed by atoms with Gasteiger partial charge in [-0.05, 0) is 44.4 Å². The van der Waals surface area contributed by atoms with E-state index in [9.17, 15) is 4.79 Å². The van der Waals surface area contributed by atoms with Gasteiger partial charge >= 0.3 is 5.97 Å². The number of hydrogen-bond donors (Lipinski definition) is 1. The Hall–Kier alpha value is -1.04. The van der Waals surface area contributed by atoms with Gasteiger partial charge in [0, 0.05) is 12.6 Å². The number of carbonyl (C=O) groups is 1. The number of rotatable bonds is 4. The van der Waals surface area contributed by atoms with E-state index in [2.05, 4.69) is 16.6 Å². The van der Waals surface area contributed by atoms with Gasteiger partial charge in [-0.2, -0.15) is 0 Å². The van der Waals surface area contributed by atoms with Crippen LogP contribution in [0.2, 0.25) is 0 Å². The number of nitrogens with two attached hydrogens (primary N) is 1. The van der Waals surface area contributed by atoms with Crippen LogP contribution in [0.1, 0.15) is 36.1 Å². The minimum absolute atomic E-state index is 0. The Kier molecular flexibility index (Phi) is 6.52. The molecule has 0 aromatic carbocycles. The van der Waals surface area contributed by atoms with Crippen LogP contribution in [-0.2, 0) is 11.3 Å². The summed E-state index contributed by atoms with van der Waals surface area (Å²) >= 11 is 0. The summed E-state index contributed by atoms with van der Waals surface area (Å²) in [6.45, 7) is 4.83. The Labute approximate surface area is 125 Å². The molecule has 0 radical (unpaired) electrons. The summed E-state index contributed by atoms with van der Waals surface area (Å²) in [7, 11) is 1.35. The van der Waals surface area contributed by atoms with Crippen molar-refractivity contribution in [2.24, 2.45) is 11.7 Å². The van der Waals surface area contributed by atoms with Crippen LogP contribution >= 0.6 is 12.4 Å². The molecule has 114 valence electrons. The van der Waals surface area contributed by atoms with Gasteiger partial charge in [0.2, 0.25) is 5.76 Å². The van der Waals surface area contributed by atoms with Crippen LogP contribution in [0.25, 0.3) is 0 Å². The number of nitrogens with zero attached hydrogens (tertiary/aromatic N) is 1. The highest BCUT2D eigenvalue weighted by atomic mass is 35.5. The maximum atomic E-state index is 11.3. The van der Waals surface area contributed by atoms with Gasteiger partial charge in [-0.15, -0.1) is 12.4 Å². The van der Waals surface area contributed by atoms with Gasteiger partial charge in [-0.3, -0.25) is 4.90 Å². The molecule has 2 atom stereocenters. The van der Waals surface area contributed by atoms with Crippen LogP contribution < -0.4 is 5.73 Å². The van der Waals surface area contributed by atoms with Crippen LogP contribution in [0.15, 0.2) is 16.5 Å². The van der Waals surface area contributed by atoms with Gasteiger partial charge in [-0.25, -0.2) is 4.79 Å². The molecule has 1 aliphatic heterocycles. The highest BCUT2D eigenvalue weighted by Gasteiger charge is 2.23. The van der Waals surface area contributed by atoms with Gasteiger partial charge in [0.05, 0.1) is 13.7 Å². The Morgan fingerprint density at radius 3 is 3.00 bits per heavy atom. The zero-order chi connectivity index (χ0) is 13.8. The third-order valence-electron chi connectivity index (χ3n) is 3.71. The van der Waals surface area contributed by atoms with Gasteiger partial charge in [0.15, 0.2) is 0 Å². The van der Waals surface area contributed by atoms with E-state index in [1.54, 1.807) is 6.07 Å². The number of piperidine rings is 1. The van der Waals surface area contributed by atoms with E-state index in [1.807, 2.05) is 6.07 Å². The number of hydrogen-bond acceptors (Lipinski definition) is 5. The molecule has 2 N–H and O–H groups in total. The summed E-state index contributed by atoms with van der Waals surface area (Å²) in [5, 5.41) is 0. The highest BCUT2D eigenvalue weighted by molar-refractivity contribution is 5.86. The van der Waals surface area contributed by atoms with E-state index < -0.39 is 5.97 Å². The minimum Gasteiger partial charge on any atom is -0.463 e. The van der Waals surface area contributed by atoms with Crippen molar-refractivity contribution >= 4 is 18.4 Å². The Morgan fingerprint density at radius 1 is 1.60 bits per heavy atom. The summed E-state index contributed by atoms with van der Waals surface area (Å²) in [4.78, 5) is 13.6.